The second kappa shape index (κ2) is 13.8. The van der Waals surface area contributed by atoms with E-state index < -0.39 is 54.3 Å². The molecule has 11 nitrogen and oxygen atoms in total. The Morgan fingerprint density at radius 1 is 1.00 bits per heavy atom. The van der Waals surface area contributed by atoms with Crippen molar-refractivity contribution < 1.29 is 34.2 Å². The molecule has 1 rings (SSSR count). The molecule has 33 heavy (non-hydrogen) atoms. The van der Waals surface area contributed by atoms with Gasteiger partial charge in [-0.25, -0.2) is 4.79 Å². The first-order valence-electron chi connectivity index (χ1n) is 10.7. The molecule has 0 aromatic heterocycles. The number of amides is 3. The third-order valence-electron chi connectivity index (χ3n) is 5.14. The summed E-state index contributed by atoms with van der Waals surface area (Å²) >= 11 is 0. The van der Waals surface area contributed by atoms with Crippen LogP contribution < -0.4 is 21.7 Å². The lowest BCUT2D eigenvalue weighted by molar-refractivity contribution is -0.143. The number of nitrogens with two attached hydrogens (primary N) is 1. The number of benzene rings is 1. The Morgan fingerprint density at radius 3 is 2.18 bits per heavy atom. The molecule has 3 amide bonds. The molecule has 1 aromatic carbocycles. The van der Waals surface area contributed by atoms with E-state index in [1.54, 1.807) is 44.2 Å². The Hall–Kier alpha value is -3.47. The third kappa shape index (κ3) is 10.1. The Balaban J connectivity index is 2.80. The summed E-state index contributed by atoms with van der Waals surface area (Å²) in [6, 6.07) is 5.54. The molecule has 0 saturated heterocycles. The Morgan fingerprint density at radius 2 is 1.64 bits per heavy atom. The van der Waals surface area contributed by atoms with Gasteiger partial charge in [-0.1, -0.05) is 50.6 Å². The third-order valence-corrected chi connectivity index (χ3v) is 5.14. The summed E-state index contributed by atoms with van der Waals surface area (Å²) < 4.78 is 0. The molecule has 11 heteroatoms. The van der Waals surface area contributed by atoms with Gasteiger partial charge in [0.1, 0.15) is 12.1 Å². The highest BCUT2D eigenvalue weighted by atomic mass is 16.4. The lowest BCUT2D eigenvalue weighted by Gasteiger charge is -2.22. The van der Waals surface area contributed by atoms with E-state index >= 15 is 0 Å². The average molecular weight is 465 g/mol. The van der Waals surface area contributed by atoms with Crippen LogP contribution in [0.3, 0.4) is 0 Å². The molecule has 0 aliphatic rings. The zero-order valence-corrected chi connectivity index (χ0v) is 18.7. The lowest BCUT2D eigenvalue weighted by Crippen LogP contribution is -2.54. The Labute approximate surface area is 192 Å². The maximum absolute atomic E-state index is 12.7. The molecule has 1 aromatic rings. The summed E-state index contributed by atoms with van der Waals surface area (Å²) in [7, 11) is 0. The van der Waals surface area contributed by atoms with E-state index in [-0.39, 0.29) is 25.2 Å². The minimum Gasteiger partial charge on any atom is -0.481 e. The van der Waals surface area contributed by atoms with Gasteiger partial charge in [0.15, 0.2) is 0 Å². The maximum Gasteiger partial charge on any atom is 0.326 e. The van der Waals surface area contributed by atoms with Gasteiger partial charge in [0.05, 0.1) is 12.6 Å². The first-order chi connectivity index (χ1) is 15.5. The summed E-state index contributed by atoms with van der Waals surface area (Å²) in [5.41, 5.74) is 6.47. The van der Waals surface area contributed by atoms with Crippen LogP contribution in [0.25, 0.3) is 0 Å². The number of carbonyl (C=O) groups is 5. The predicted octanol–water partition coefficient (Wildman–Crippen LogP) is -0.362. The van der Waals surface area contributed by atoms with E-state index in [0.29, 0.717) is 6.42 Å². The van der Waals surface area contributed by atoms with Gasteiger partial charge in [0, 0.05) is 12.8 Å². The smallest absolute Gasteiger partial charge is 0.326 e. The van der Waals surface area contributed by atoms with Gasteiger partial charge in [-0.15, -0.1) is 0 Å². The normalized spacial score (nSPS) is 14.3. The molecule has 0 saturated carbocycles. The minimum atomic E-state index is -1.17. The van der Waals surface area contributed by atoms with E-state index in [2.05, 4.69) is 16.0 Å². The quantitative estimate of drug-likeness (QED) is 0.215. The first kappa shape index (κ1) is 27.6. The zero-order chi connectivity index (χ0) is 25.0. The molecule has 0 radical (unpaired) electrons. The van der Waals surface area contributed by atoms with Gasteiger partial charge in [0.25, 0.3) is 0 Å². The summed E-state index contributed by atoms with van der Waals surface area (Å²) in [6.45, 7) is 3.01. The number of hydrogen-bond acceptors (Lipinski definition) is 6. The number of nitrogens with one attached hydrogen (secondary N) is 3. The van der Waals surface area contributed by atoms with Crippen molar-refractivity contribution in [3.05, 3.63) is 35.9 Å². The van der Waals surface area contributed by atoms with Gasteiger partial charge >= 0.3 is 11.9 Å². The largest absolute Gasteiger partial charge is 0.481 e. The van der Waals surface area contributed by atoms with Crippen LogP contribution in [0.15, 0.2) is 30.3 Å². The maximum atomic E-state index is 12.7. The minimum absolute atomic E-state index is 0.102. The Bertz CT molecular complexity index is 831. The molecule has 182 valence electrons. The number of hydrogen-bond donors (Lipinski definition) is 6. The van der Waals surface area contributed by atoms with Crippen LogP contribution in [0.2, 0.25) is 0 Å². The summed E-state index contributed by atoms with van der Waals surface area (Å²) in [6.07, 6.45) is 0.244. The van der Waals surface area contributed by atoms with Gasteiger partial charge in [-0.05, 0) is 17.9 Å². The average Bonchev–Trinajstić information content (AvgIpc) is 2.78. The van der Waals surface area contributed by atoms with E-state index in [1.165, 1.54) is 0 Å². The number of carboxylic acids is 2. The Kier molecular flexibility index (Phi) is 11.6. The molecule has 4 atom stereocenters. The number of carboxylic acid groups (broad SMARTS) is 2. The van der Waals surface area contributed by atoms with Crippen molar-refractivity contribution in [2.75, 3.05) is 6.54 Å². The van der Waals surface area contributed by atoms with E-state index in [9.17, 15) is 29.1 Å². The van der Waals surface area contributed by atoms with Crippen LogP contribution in [0.4, 0.5) is 0 Å². The summed E-state index contributed by atoms with van der Waals surface area (Å²) in [5.74, 6) is -4.62. The SMILES string of the molecule is CCC(C)C(NC(=O)CNC(=O)C(Cc1ccccc1)NC(=O)C(N)CCC(=O)O)C(=O)O. The van der Waals surface area contributed by atoms with Gasteiger partial charge in [0.2, 0.25) is 17.7 Å². The first-order valence-corrected chi connectivity index (χ1v) is 10.7. The fourth-order valence-corrected chi connectivity index (χ4v) is 2.95. The van der Waals surface area contributed by atoms with Crippen molar-refractivity contribution in [2.45, 2.75) is 57.7 Å². The molecule has 4 unspecified atom stereocenters. The van der Waals surface area contributed by atoms with E-state index in [0.717, 1.165) is 5.56 Å². The van der Waals surface area contributed by atoms with Crippen molar-refractivity contribution in [1.82, 2.24) is 16.0 Å². The standard InChI is InChI=1S/C22H32N4O7/c1-3-13(2)19(22(32)33)26-17(27)12-24-21(31)16(11-14-7-5-4-6-8-14)25-20(30)15(23)9-10-18(28)29/h4-8,13,15-16,19H,3,9-12,23H2,1-2H3,(H,24,31)(H,25,30)(H,26,27)(H,28,29)(H,32,33). The molecule has 0 aliphatic heterocycles. The van der Waals surface area contributed by atoms with Crippen LogP contribution in [0, 0.1) is 5.92 Å². The molecular formula is C22H32N4O7. The van der Waals surface area contributed by atoms with Crippen LogP contribution >= 0.6 is 0 Å². The van der Waals surface area contributed by atoms with Crippen molar-refractivity contribution in [2.24, 2.45) is 11.7 Å². The molecule has 0 spiro atoms. The highest BCUT2D eigenvalue weighted by molar-refractivity contribution is 5.92. The molecule has 7 N–H and O–H groups in total. The van der Waals surface area contributed by atoms with Gasteiger partial charge in [-0.2, -0.15) is 0 Å². The van der Waals surface area contributed by atoms with Crippen molar-refractivity contribution in [1.29, 1.82) is 0 Å². The monoisotopic (exact) mass is 464 g/mol. The van der Waals surface area contributed by atoms with E-state index in [4.69, 9.17) is 10.8 Å². The van der Waals surface area contributed by atoms with Gasteiger partial charge in [-0.3, -0.25) is 19.2 Å². The molecule has 0 heterocycles. The fourth-order valence-electron chi connectivity index (χ4n) is 2.95. The topological polar surface area (TPSA) is 188 Å². The zero-order valence-electron chi connectivity index (χ0n) is 18.7. The fraction of sp³-hybridized carbons (Fsp3) is 0.500. The van der Waals surface area contributed by atoms with Gasteiger partial charge < -0.3 is 31.9 Å². The van der Waals surface area contributed by atoms with Crippen LogP contribution in [-0.2, 0) is 30.4 Å². The van der Waals surface area contributed by atoms with Crippen LogP contribution in [-0.4, -0.2) is 64.5 Å². The van der Waals surface area contributed by atoms with E-state index in [1.807, 2.05) is 0 Å². The van der Waals surface area contributed by atoms with Crippen molar-refractivity contribution in [3.8, 4) is 0 Å². The molecule has 0 fully saturated rings. The second-order valence-electron chi connectivity index (χ2n) is 7.78. The summed E-state index contributed by atoms with van der Waals surface area (Å²) in [4.78, 5) is 59.4. The number of aliphatic carboxylic acids is 2. The van der Waals surface area contributed by atoms with Crippen molar-refractivity contribution in [3.63, 3.8) is 0 Å². The summed E-state index contributed by atoms with van der Waals surface area (Å²) in [5, 5.41) is 25.3. The molecular weight excluding hydrogens is 432 g/mol. The van der Waals surface area contributed by atoms with Crippen molar-refractivity contribution >= 4 is 29.7 Å². The predicted molar refractivity (Wildman–Crippen MR) is 119 cm³/mol. The highest BCUT2D eigenvalue weighted by Gasteiger charge is 2.27. The molecule has 0 aliphatic carbocycles. The molecule has 0 bridgehead atoms. The lowest BCUT2D eigenvalue weighted by atomic mass is 9.99. The number of carbonyl (C=O) groups excluding carboxylic acids is 3. The second-order valence-corrected chi connectivity index (χ2v) is 7.78. The van der Waals surface area contributed by atoms with Crippen LogP contribution in [0.5, 0.6) is 0 Å². The number of rotatable bonds is 14. The highest BCUT2D eigenvalue weighted by Crippen LogP contribution is 2.08. The van der Waals surface area contributed by atoms with Crippen LogP contribution in [0.1, 0.15) is 38.7 Å².